The molecule has 0 aliphatic carbocycles. The highest BCUT2D eigenvalue weighted by atomic mass is 16.5. The Morgan fingerprint density at radius 1 is 1.36 bits per heavy atom. The largest absolute Gasteiger partial charge is 0.438 e. The first-order chi connectivity index (χ1) is 12.2. The predicted molar refractivity (Wildman–Crippen MR) is 89.1 cm³/mol. The van der Waals surface area contributed by atoms with E-state index >= 15 is 0 Å². The van der Waals surface area contributed by atoms with Crippen LogP contribution in [0.2, 0.25) is 0 Å². The highest BCUT2D eigenvalue weighted by Crippen LogP contribution is 2.35. The van der Waals surface area contributed by atoms with Gasteiger partial charge in [-0.05, 0) is 32.3 Å². The number of carbonyl (C=O) groups excluding carboxylic acids is 1. The minimum atomic E-state index is -0.311. The van der Waals surface area contributed by atoms with E-state index in [-0.39, 0.29) is 17.6 Å². The fourth-order valence-corrected chi connectivity index (χ4v) is 3.66. The molecule has 0 aromatic carbocycles. The molecule has 4 rings (SSSR count). The third kappa shape index (κ3) is 3.21. The van der Waals surface area contributed by atoms with Crippen molar-refractivity contribution in [3.63, 3.8) is 0 Å². The van der Waals surface area contributed by atoms with E-state index in [4.69, 9.17) is 9.15 Å². The summed E-state index contributed by atoms with van der Waals surface area (Å²) in [6, 6.07) is 2.03. The van der Waals surface area contributed by atoms with Gasteiger partial charge in [0.1, 0.15) is 0 Å². The van der Waals surface area contributed by atoms with Crippen LogP contribution in [-0.4, -0.2) is 57.1 Å². The average Bonchev–Trinajstić information content (AvgIpc) is 3.22. The number of aromatic nitrogens is 3. The number of aryl methyl sites for hydroxylation is 1. The van der Waals surface area contributed by atoms with Crippen LogP contribution >= 0.6 is 0 Å². The molecule has 1 amide bonds. The van der Waals surface area contributed by atoms with Crippen molar-refractivity contribution < 1.29 is 13.9 Å². The zero-order valence-electron chi connectivity index (χ0n) is 14.1. The van der Waals surface area contributed by atoms with Gasteiger partial charge >= 0.3 is 0 Å². The number of oxazole rings is 1. The summed E-state index contributed by atoms with van der Waals surface area (Å²) >= 11 is 0. The highest BCUT2D eigenvalue weighted by Gasteiger charge is 2.45. The Labute approximate surface area is 145 Å². The molecule has 2 fully saturated rings. The van der Waals surface area contributed by atoms with E-state index in [1.54, 1.807) is 30.3 Å². The summed E-state index contributed by atoms with van der Waals surface area (Å²) in [6.45, 7) is 3.67. The first-order valence-corrected chi connectivity index (χ1v) is 8.52. The molecular formula is C17H21N5O3. The second-order valence-electron chi connectivity index (χ2n) is 6.68. The maximum absolute atomic E-state index is 12.6. The maximum Gasteiger partial charge on any atom is 0.291 e. The van der Waals surface area contributed by atoms with Gasteiger partial charge in [0.25, 0.3) is 5.91 Å². The van der Waals surface area contributed by atoms with Gasteiger partial charge in [-0.25, -0.2) is 15.0 Å². The van der Waals surface area contributed by atoms with E-state index in [1.165, 1.54) is 6.39 Å². The van der Waals surface area contributed by atoms with E-state index in [2.05, 4.69) is 20.3 Å². The molecule has 0 radical (unpaired) electrons. The molecule has 2 saturated heterocycles. The highest BCUT2D eigenvalue weighted by molar-refractivity contribution is 5.92. The lowest BCUT2D eigenvalue weighted by Gasteiger charge is -2.38. The van der Waals surface area contributed by atoms with Gasteiger partial charge < -0.3 is 19.4 Å². The number of amides is 1. The second kappa shape index (κ2) is 6.44. The smallest absolute Gasteiger partial charge is 0.291 e. The van der Waals surface area contributed by atoms with Crippen molar-refractivity contribution in [3.8, 4) is 0 Å². The number of hydrogen-bond donors (Lipinski definition) is 1. The number of rotatable bonds is 3. The Kier molecular flexibility index (Phi) is 4.12. The quantitative estimate of drug-likeness (QED) is 0.905. The Morgan fingerprint density at radius 3 is 2.96 bits per heavy atom. The number of likely N-dealkylation sites (tertiary alicyclic amines) is 1. The number of nitrogens with one attached hydrogen (secondary N) is 1. The van der Waals surface area contributed by atoms with Crippen LogP contribution in [-0.2, 0) is 4.74 Å². The molecule has 2 aromatic heterocycles. The van der Waals surface area contributed by atoms with Crippen molar-refractivity contribution in [2.24, 2.45) is 0 Å². The van der Waals surface area contributed by atoms with E-state index in [0.29, 0.717) is 37.1 Å². The van der Waals surface area contributed by atoms with Gasteiger partial charge in [-0.2, -0.15) is 0 Å². The zero-order valence-corrected chi connectivity index (χ0v) is 14.1. The van der Waals surface area contributed by atoms with Gasteiger partial charge in [-0.15, -0.1) is 0 Å². The molecule has 1 spiro atoms. The second-order valence-corrected chi connectivity index (χ2v) is 6.68. The number of ether oxygens (including phenoxy) is 1. The Bertz CT molecular complexity index is 750. The Morgan fingerprint density at radius 2 is 2.20 bits per heavy atom. The van der Waals surface area contributed by atoms with Crippen molar-refractivity contribution >= 4 is 11.9 Å². The zero-order chi connectivity index (χ0) is 17.3. The van der Waals surface area contributed by atoms with Crippen LogP contribution in [0.25, 0.3) is 0 Å². The van der Waals surface area contributed by atoms with Crippen LogP contribution < -0.4 is 5.32 Å². The minimum absolute atomic E-state index is 0.114. The van der Waals surface area contributed by atoms with Gasteiger partial charge in [0.05, 0.1) is 17.8 Å². The molecule has 25 heavy (non-hydrogen) atoms. The summed E-state index contributed by atoms with van der Waals surface area (Å²) in [5.41, 5.74) is 0.310. The Balaban J connectivity index is 1.42. The van der Waals surface area contributed by atoms with Crippen molar-refractivity contribution in [3.05, 3.63) is 36.3 Å². The van der Waals surface area contributed by atoms with E-state index in [0.717, 1.165) is 19.3 Å². The fraction of sp³-hybridized carbons (Fsp3) is 0.529. The molecule has 4 heterocycles. The summed E-state index contributed by atoms with van der Waals surface area (Å²) in [5, 5.41) is 3.38. The lowest BCUT2D eigenvalue weighted by atomic mass is 9.89. The molecule has 0 saturated carbocycles. The number of hydrogen-bond acceptors (Lipinski definition) is 7. The number of anilines is 1. The summed E-state index contributed by atoms with van der Waals surface area (Å²) in [7, 11) is 0. The van der Waals surface area contributed by atoms with Gasteiger partial charge in [0, 0.05) is 31.6 Å². The molecule has 8 nitrogen and oxygen atoms in total. The van der Waals surface area contributed by atoms with Crippen LogP contribution in [0.15, 0.2) is 29.3 Å². The third-order valence-corrected chi connectivity index (χ3v) is 4.94. The average molecular weight is 343 g/mol. The minimum Gasteiger partial charge on any atom is -0.438 e. The number of carbonyl (C=O) groups is 1. The first kappa shape index (κ1) is 16.0. The van der Waals surface area contributed by atoms with Crippen LogP contribution in [0.1, 0.15) is 35.5 Å². The molecule has 1 N–H and O–H groups in total. The maximum atomic E-state index is 12.6. The Hall–Kier alpha value is -2.48. The molecule has 132 valence electrons. The molecule has 8 heteroatoms. The summed E-state index contributed by atoms with van der Waals surface area (Å²) in [5.74, 6) is 0.838. The van der Waals surface area contributed by atoms with Crippen LogP contribution in [0.3, 0.4) is 0 Å². The van der Waals surface area contributed by atoms with Gasteiger partial charge in [-0.1, -0.05) is 0 Å². The fourth-order valence-electron chi connectivity index (χ4n) is 3.66. The van der Waals surface area contributed by atoms with E-state index in [1.807, 2.05) is 0 Å². The summed E-state index contributed by atoms with van der Waals surface area (Å²) in [4.78, 5) is 26.9. The summed E-state index contributed by atoms with van der Waals surface area (Å²) in [6.07, 6.45) is 7.30. The lowest BCUT2D eigenvalue weighted by Crippen LogP contribution is -2.47. The standard InChI is InChI=1S/C17H21N5O3/c1-12-14(24-11-20-12)15(23)22-7-4-17(10-22)9-13(3-8-25-17)21-16-18-5-2-6-19-16/h2,5-6,11,13H,3-4,7-10H2,1H3,(H,18,19,21)/t13-,17-/m0/s1. The molecule has 2 aliphatic rings. The molecule has 2 aliphatic heterocycles. The van der Waals surface area contributed by atoms with Crippen molar-refractivity contribution in [1.29, 1.82) is 0 Å². The third-order valence-electron chi connectivity index (χ3n) is 4.94. The molecule has 2 atom stereocenters. The van der Waals surface area contributed by atoms with Crippen molar-refractivity contribution in [2.75, 3.05) is 25.0 Å². The molecule has 0 unspecified atom stereocenters. The van der Waals surface area contributed by atoms with E-state index in [9.17, 15) is 4.79 Å². The van der Waals surface area contributed by atoms with Crippen molar-refractivity contribution in [2.45, 2.75) is 37.8 Å². The van der Waals surface area contributed by atoms with Crippen LogP contribution in [0.5, 0.6) is 0 Å². The van der Waals surface area contributed by atoms with Crippen LogP contribution in [0, 0.1) is 6.92 Å². The topological polar surface area (TPSA) is 93.4 Å². The molecule has 2 aromatic rings. The first-order valence-electron chi connectivity index (χ1n) is 8.52. The molecular weight excluding hydrogens is 322 g/mol. The van der Waals surface area contributed by atoms with Gasteiger partial charge in [-0.3, -0.25) is 4.79 Å². The lowest BCUT2D eigenvalue weighted by molar-refractivity contribution is -0.0721. The van der Waals surface area contributed by atoms with Gasteiger partial charge in [0.2, 0.25) is 11.7 Å². The van der Waals surface area contributed by atoms with E-state index < -0.39 is 0 Å². The summed E-state index contributed by atoms with van der Waals surface area (Å²) < 4.78 is 11.3. The monoisotopic (exact) mass is 343 g/mol. The SMILES string of the molecule is Cc1ncoc1C(=O)N1CC[C@]2(C[C@@H](Nc3ncccn3)CCO2)C1. The molecule has 0 bridgehead atoms. The van der Waals surface area contributed by atoms with Crippen LogP contribution in [0.4, 0.5) is 5.95 Å². The number of nitrogens with zero attached hydrogens (tertiary/aromatic N) is 4. The predicted octanol–water partition coefficient (Wildman–Crippen LogP) is 1.65. The van der Waals surface area contributed by atoms with Crippen molar-refractivity contribution in [1.82, 2.24) is 19.9 Å². The normalized spacial score (nSPS) is 26.1. The van der Waals surface area contributed by atoms with Gasteiger partial charge in [0.15, 0.2) is 6.39 Å².